The minimum absolute atomic E-state index is 0.503. The van der Waals surface area contributed by atoms with E-state index in [1.807, 2.05) is 0 Å². The Balaban J connectivity index is 3.21. The van der Waals surface area contributed by atoms with Crippen LogP contribution < -0.4 is 4.84 Å². The van der Waals surface area contributed by atoms with E-state index in [1.165, 1.54) is 0 Å². The number of carbonyl (C=O) groups is 1. The van der Waals surface area contributed by atoms with Crippen LogP contribution in [-0.4, -0.2) is 44.9 Å². The van der Waals surface area contributed by atoms with Gasteiger partial charge in [0.15, 0.2) is 0 Å². The average Bonchev–Trinajstić information content (AvgIpc) is 2.68. The molecule has 0 aliphatic rings. The summed E-state index contributed by atoms with van der Waals surface area (Å²) in [5.74, 6) is -27.3. The van der Waals surface area contributed by atoms with Crippen molar-refractivity contribution in [3.8, 4) is 11.8 Å². The minimum Gasteiger partial charge on any atom is -0.492 e. The normalized spacial score (nSPS) is 14.0. The van der Waals surface area contributed by atoms with E-state index in [4.69, 9.17) is 10.2 Å². The number of rotatable bonds is 4. The molecule has 1 heterocycles. The fourth-order valence-corrected chi connectivity index (χ4v) is 1.14. The molecule has 2 N–H and O–H groups in total. The number of aromatic hydroxyl groups is 2. The van der Waals surface area contributed by atoms with Crippen LogP contribution in [0, 0.1) is 0 Å². The van der Waals surface area contributed by atoms with E-state index in [9.17, 15) is 44.3 Å². The molecule has 5 nitrogen and oxygen atoms in total. The van der Waals surface area contributed by atoms with Gasteiger partial charge in [-0.05, 0) is 0 Å². The highest BCUT2D eigenvalue weighted by molar-refractivity contribution is 5.79. The van der Waals surface area contributed by atoms with Crippen LogP contribution in [-0.2, 0) is 4.79 Å². The SMILES string of the molecule is O=C(On1c(O)ccc1O)C(F)(F)C(F)(F)C(F)(F)C(F)(F)F. The number of aromatic nitrogens is 1. The van der Waals surface area contributed by atoms with Crippen LogP contribution in [0.15, 0.2) is 12.1 Å². The first-order chi connectivity index (χ1) is 10.1. The van der Waals surface area contributed by atoms with Crippen molar-refractivity contribution < 1.29 is 59.4 Å². The topological polar surface area (TPSA) is 71.7 Å². The molecule has 0 saturated carbocycles. The molecule has 0 amide bonds. The lowest BCUT2D eigenvalue weighted by Gasteiger charge is -2.32. The third kappa shape index (κ3) is 2.72. The van der Waals surface area contributed by atoms with Crippen LogP contribution in [0.3, 0.4) is 0 Å². The second kappa shape index (κ2) is 5.13. The van der Waals surface area contributed by atoms with E-state index >= 15 is 0 Å². The van der Waals surface area contributed by atoms with E-state index in [0.29, 0.717) is 12.1 Å². The quantitative estimate of drug-likeness (QED) is 0.808. The molecule has 0 bridgehead atoms. The standard InChI is InChI=1S/C9H4F9NO4/c10-6(11,7(12,13)8(14,15)9(16,17)18)5(22)23-19-3(20)1-2-4(19)21/h1-2,20-21H. The Morgan fingerprint density at radius 2 is 1.26 bits per heavy atom. The van der Waals surface area contributed by atoms with Crippen molar-refractivity contribution in [3.05, 3.63) is 12.1 Å². The number of halogens is 9. The molecule has 0 fully saturated rings. The molecule has 0 unspecified atom stereocenters. The fraction of sp³-hybridized carbons (Fsp3) is 0.444. The first kappa shape index (κ1) is 18.8. The van der Waals surface area contributed by atoms with Gasteiger partial charge in [0, 0.05) is 12.1 Å². The van der Waals surface area contributed by atoms with Crippen LogP contribution in [0.4, 0.5) is 39.5 Å². The third-order valence-electron chi connectivity index (χ3n) is 2.37. The summed E-state index contributed by atoms with van der Waals surface area (Å²) < 4.78 is 112. The lowest BCUT2D eigenvalue weighted by atomic mass is 10.0. The molecule has 1 rings (SSSR count). The van der Waals surface area contributed by atoms with Gasteiger partial charge in [-0.3, -0.25) is 0 Å². The number of alkyl halides is 9. The highest BCUT2D eigenvalue weighted by atomic mass is 19.4. The number of nitrogens with zero attached hydrogens (tertiary/aromatic N) is 1. The number of carbonyl (C=O) groups excluding carboxylic acids is 1. The molecule has 0 aliphatic carbocycles. The smallest absolute Gasteiger partial charge is 0.460 e. The van der Waals surface area contributed by atoms with Crippen LogP contribution in [0.5, 0.6) is 11.8 Å². The largest absolute Gasteiger partial charge is 0.492 e. The zero-order chi connectivity index (χ0) is 18.4. The lowest BCUT2D eigenvalue weighted by molar-refractivity contribution is -0.390. The van der Waals surface area contributed by atoms with Crippen molar-refractivity contribution in [3.63, 3.8) is 0 Å². The van der Waals surface area contributed by atoms with Gasteiger partial charge in [-0.15, -0.1) is 4.73 Å². The second-order valence-electron chi connectivity index (χ2n) is 3.94. The summed E-state index contributed by atoms with van der Waals surface area (Å²) in [6.45, 7) is 0. The van der Waals surface area contributed by atoms with Gasteiger partial charge in [-0.1, -0.05) is 0 Å². The molecule has 23 heavy (non-hydrogen) atoms. The predicted octanol–water partition coefficient (Wildman–Crippen LogP) is 2.32. The van der Waals surface area contributed by atoms with Crippen LogP contribution in [0.25, 0.3) is 0 Å². The third-order valence-corrected chi connectivity index (χ3v) is 2.37. The van der Waals surface area contributed by atoms with Crippen LogP contribution in [0.2, 0.25) is 0 Å². The van der Waals surface area contributed by atoms with Gasteiger partial charge in [0.05, 0.1) is 0 Å². The Bertz CT molecular complexity index is 587. The summed E-state index contributed by atoms with van der Waals surface area (Å²) in [6.07, 6.45) is -7.10. The van der Waals surface area contributed by atoms with Crippen molar-refractivity contribution in [2.24, 2.45) is 0 Å². The molecule has 0 atom stereocenters. The molecule has 0 aliphatic heterocycles. The van der Waals surface area contributed by atoms with Gasteiger partial charge in [-0.2, -0.15) is 39.5 Å². The molecular formula is C9H4F9NO4. The first-order valence-electron chi connectivity index (χ1n) is 5.10. The highest BCUT2D eigenvalue weighted by Gasteiger charge is 2.84. The molecule has 0 saturated heterocycles. The Morgan fingerprint density at radius 3 is 1.61 bits per heavy atom. The fourth-order valence-electron chi connectivity index (χ4n) is 1.14. The average molecular weight is 361 g/mol. The summed E-state index contributed by atoms with van der Waals surface area (Å²) in [7, 11) is 0. The van der Waals surface area contributed by atoms with Crippen molar-refractivity contribution in [2.45, 2.75) is 23.9 Å². The summed E-state index contributed by atoms with van der Waals surface area (Å²) in [6, 6.07) is 1.01. The molecule has 132 valence electrons. The number of hydrogen-bond donors (Lipinski definition) is 2. The first-order valence-corrected chi connectivity index (χ1v) is 5.10. The van der Waals surface area contributed by atoms with Gasteiger partial charge < -0.3 is 15.1 Å². The van der Waals surface area contributed by atoms with Gasteiger partial charge in [-0.25, -0.2) is 4.79 Å². The van der Waals surface area contributed by atoms with Crippen LogP contribution >= 0.6 is 0 Å². The molecule has 0 radical (unpaired) electrons. The van der Waals surface area contributed by atoms with E-state index in [-0.39, 0.29) is 0 Å². The summed E-state index contributed by atoms with van der Waals surface area (Å²) in [5.41, 5.74) is 0. The van der Waals surface area contributed by atoms with Gasteiger partial charge in [0.25, 0.3) is 0 Å². The van der Waals surface area contributed by atoms with Crippen molar-refractivity contribution in [1.82, 2.24) is 4.73 Å². The summed E-state index contributed by atoms with van der Waals surface area (Å²) in [5, 5.41) is 17.8. The Kier molecular flexibility index (Phi) is 4.18. The maximum atomic E-state index is 13.1. The maximum Gasteiger partial charge on any atom is 0.460 e. The molecule has 1 aromatic heterocycles. The van der Waals surface area contributed by atoms with Crippen molar-refractivity contribution in [2.75, 3.05) is 0 Å². The monoisotopic (exact) mass is 361 g/mol. The molecule has 1 aromatic rings. The van der Waals surface area contributed by atoms with Crippen LogP contribution in [0.1, 0.15) is 0 Å². The summed E-state index contributed by atoms with van der Waals surface area (Å²) >= 11 is 0. The van der Waals surface area contributed by atoms with E-state index < -0.39 is 46.4 Å². The van der Waals surface area contributed by atoms with E-state index in [0.717, 1.165) is 0 Å². The minimum atomic E-state index is -7.27. The number of hydrogen-bond acceptors (Lipinski definition) is 4. The van der Waals surface area contributed by atoms with Gasteiger partial charge in [0.1, 0.15) is 0 Å². The van der Waals surface area contributed by atoms with Crippen molar-refractivity contribution in [1.29, 1.82) is 0 Å². The van der Waals surface area contributed by atoms with Gasteiger partial charge >= 0.3 is 29.9 Å². The Morgan fingerprint density at radius 1 is 0.870 bits per heavy atom. The van der Waals surface area contributed by atoms with Crippen molar-refractivity contribution >= 4 is 5.97 Å². The van der Waals surface area contributed by atoms with Gasteiger partial charge in [0.2, 0.25) is 11.8 Å². The Labute approximate surface area is 119 Å². The lowest BCUT2D eigenvalue weighted by Crippen LogP contribution is -2.64. The highest BCUT2D eigenvalue weighted by Crippen LogP contribution is 2.53. The molecule has 14 heteroatoms. The molecule has 0 aromatic carbocycles. The van der Waals surface area contributed by atoms with E-state index in [2.05, 4.69) is 4.84 Å². The summed E-state index contributed by atoms with van der Waals surface area (Å²) in [4.78, 5) is 14.2. The zero-order valence-corrected chi connectivity index (χ0v) is 10.2. The molecule has 0 spiro atoms. The molecular weight excluding hydrogens is 357 g/mol. The van der Waals surface area contributed by atoms with E-state index in [1.54, 1.807) is 0 Å². The predicted molar refractivity (Wildman–Crippen MR) is 50.2 cm³/mol. The maximum absolute atomic E-state index is 13.1. The Hall–Kier alpha value is -2.28. The zero-order valence-electron chi connectivity index (χ0n) is 10.2. The second-order valence-corrected chi connectivity index (χ2v) is 3.94.